The van der Waals surface area contributed by atoms with E-state index in [9.17, 15) is 18.4 Å². The molecule has 168 valence electrons. The van der Waals surface area contributed by atoms with Crippen LogP contribution in [0.2, 0.25) is 10.0 Å². The number of carbonyl (C=O) groups excluding carboxylic acids is 2. The van der Waals surface area contributed by atoms with E-state index in [1.54, 1.807) is 37.0 Å². The Bertz CT molecular complexity index is 901. The lowest BCUT2D eigenvalue weighted by Crippen LogP contribution is -2.47. The number of rotatable bonds is 10. The third-order valence-electron chi connectivity index (χ3n) is 4.33. The van der Waals surface area contributed by atoms with Crippen molar-refractivity contribution in [1.82, 2.24) is 10.2 Å². The van der Waals surface area contributed by atoms with Gasteiger partial charge in [-0.15, -0.1) is 0 Å². The monoisotopic (exact) mass is 490 g/mol. The molecule has 2 rings (SSSR count). The lowest BCUT2D eigenvalue weighted by atomic mass is 10.1. The number of nitrogens with one attached hydrogen (secondary N) is 1. The van der Waals surface area contributed by atoms with Crippen molar-refractivity contribution in [2.75, 3.05) is 19.1 Å². The highest BCUT2D eigenvalue weighted by atomic mass is 35.5. The van der Waals surface area contributed by atoms with Crippen LogP contribution in [0.1, 0.15) is 22.3 Å². The number of hydrogen-bond acceptors (Lipinski definition) is 4. The van der Waals surface area contributed by atoms with E-state index in [0.717, 1.165) is 5.56 Å². The Morgan fingerprint density at radius 2 is 1.84 bits per heavy atom. The molecule has 0 fully saturated rings. The number of nitrogens with zero attached hydrogens (tertiary/aromatic N) is 1. The summed E-state index contributed by atoms with van der Waals surface area (Å²) in [5.41, 5.74) is 0.957. The predicted octanol–water partition coefficient (Wildman–Crippen LogP) is 5.10. The van der Waals surface area contributed by atoms with Crippen LogP contribution >= 0.6 is 35.0 Å². The minimum Gasteiger partial charge on any atom is -0.435 e. The largest absolute Gasteiger partial charge is 0.435 e. The van der Waals surface area contributed by atoms with Crippen molar-refractivity contribution in [3.8, 4) is 5.75 Å². The fourth-order valence-electron chi connectivity index (χ4n) is 2.80. The first-order valence-electron chi connectivity index (χ1n) is 9.24. The van der Waals surface area contributed by atoms with E-state index in [4.69, 9.17) is 23.2 Å². The van der Waals surface area contributed by atoms with Gasteiger partial charge < -0.3 is 15.0 Å². The van der Waals surface area contributed by atoms with Gasteiger partial charge in [0.25, 0.3) is 5.91 Å². The van der Waals surface area contributed by atoms with E-state index in [1.165, 1.54) is 29.2 Å². The lowest BCUT2D eigenvalue weighted by Gasteiger charge is -2.25. The Morgan fingerprint density at radius 3 is 2.42 bits per heavy atom. The number of thioether (sulfide) groups is 1. The van der Waals surface area contributed by atoms with Crippen LogP contribution in [-0.2, 0) is 11.3 Å². The molecule has 0 saturated heterocycles. The van der Waals surface area contributed by atoms with Gasteiger partial charge in [0.15, 0.2) is 0 Å². The van der Waals surface area contributed by atoms with Crippen molar-refractivity contribution in [3.05, 3.63) is 63.6 Å². The number of ether oxygens (including phenoxy) is 1. The van der Waals surface area contributed by atoms with Gasteiger partial charge in [-0.05, 0) is 54.3 Å². The zero-order chi connectivity index (χ0) is 23.0. The summed E-state index contributed by atoms with van der Waals surface area (Å²) >= 11 is 13.5. The van der Waals surface area contributed by atoms with E-state index < -0.39 is 18.6 Å². The zero-order valence-electron chi connectivity index (χ0n) is 16.9. The quantitative estimate of drug-likeness (QED) is 0.502. The Kier molecular flexibility index (Phi) is 9.87. The summed E-state index contributed by atoms with van der Waals surface area (Å²) in [5, 5.41) is 3.35. The first kappa shape index (κ1) is 25.2. The topological polar surface area (TPSA) is 58.6 Å². The molecular formula is C21H22Cl2F2N2O3S. The first-order valence-corrected chi connectivity index (χ1v) is 11.4. The minimum absolute atomic E-state index is 0.0395. The molecule has 2 aromatic carbocycles. The number of alkyl halides is 2. The molecule has 31 heavy (non-hydrogen) atoms. The predicted molar refractivity (Wildman–Crippen MR) is 120 cm³/mol. The molecule has 0 bridgehead atoms. The van der Waals surface area contributed by atoms with Crippen molar-refractivity contribution in [1.29, 1.82) is 0 Å². The molecule has 10 heteroatoms. The molecule has 0 aliphatic carbocycles. The van der Waals surface area contributed by atoms with Gasteiger partial charge in [0, 0.05) is 18.6 Å². The molecular weight excluding hydrogens is 469 g/mol. The summed E-state index contributed by atoms with van der Waals surface area (Å²) in [5.74, 6) is -0.0421. The standard InChI is InChI=1S/C21H22Cl2F2N2O3S/c1-27(12-13-3-6-15(7-4-13)30-21(24)25)20(29)18(9-10-31-2)26-19(28)16-8-5-14(22)11-17(16)23/h3-8,11,18,21H,9-10,12H2,1-2H3,(H,26,28). The summed E-state index contributed by atoms with van der Waals surface area (Å²) in [6.45, 7) is -2.66. The lowest BCUT2D eigenvalue weighted by molar-refractivity contribution is -0.132. The van der Waals surface area contributed by atoms with Gasteiger partial charge in [0.05, 0.1) is 10.6 Å². The van der Waals surface area contributed by atoms with E-state index in [2.05, 4.69) is 10.1 Å². The van der Waals surface area contributed by atoms with E-state index in [0.29, 0.717) is 17.2 Å². The molecule has 1 atom stereocenters. The first-order chi connectivity index (χ1) is 14.7. The van der Waals surface area contributed by atoms with Crippen LogP contribution < -0.4 is 10.1 Å². The number of likely N-dealkylation sites (N-methyl/N-ethyl adjacent to an activating group) is 1. The van der Waals surface area contributed by atoms with Crippen LogP contribution in [0.3, 0.4) is 0 Å². The summed E-state index contributed by atoms with van der Waals surface area (Å²) in [6, 6.07) is 9.79. The normalized spacial score (nSPS) is 11.8. The molecule has 0 saturated carbocycles. The maximum Gasteiger partial charge on any atom is 0.387 e. The van der Waals surface area contributed by atoms with Gasteiger partial charge in [-0.2, -0.15) is 20.5 Å². The van der Waals surface area contributed by atoms with Gasteiger partial charge >= 0.3 is 6.61 Å². The van der Waals surface area contributed by atoms with Gasteiger partial charge in [0.1, 0.15) is 11.8 Å². The molecule has 0 aliphatic heterocycles. The summed E-state index contributed by atoms with van der Waals surface area (Å²) in [7, 11) is 1.61. The molecule has 1 unspecified atom stereocenters. The Balaban J connectivity index is 2.07. The molecule has 0 radical (unpaired) electrons. The third kappa shape index (κ3) is 7.87. The Morgan fingerprint density at radius 1 is 1.16 bits per heavy atom. The van der Waals surface area contributed by atoms with Crippen molar-refractivity contribution in [3.63, 3.8) is 0 Å². The molecule has 2 amide bonds. The van der Waals surface area contributed by atoms with Crippen LogP contribution in [-0.4, -0.2) is 48.4 Å². The van der Waals surface area contributed by atoms with Gasteiger partial charge in [-0.25, -0.2) is 0 Å². The highest BCUT2D eigenvalue weighted by Gasteiger charge is 2.25. The number of halogens is 4. The minimum atomic E-state index is -2.90. The van der Waals surface area contributed by atoms with Crippen LogP contribution in [0.15, 0.2) is 42.5 Å². The Hall–Kier alpha value is -2.03. The second-order valence-corrected chi connectivity index (χ2v) is 8.48. The summed E-state index contributed by atoms with van der Waals surface area (Å²) < 4.78 is 28.9. The van der Waals surface area contributed by atoms with E-state index in [-0.39, 0.29) is 28.8 Å². The van der Waals surface area contributed by atoms with Crippen LogP contribution in [0.25, 0.3) is 0 Å². The third-order valence-corrected chi connectivity index (χ3v) is 5.53. The molecule has 5 nitrogen and oxygen atoms in total. The van der Waals surface area contributed by atoms with Crippen LogP contribution in [0.4, 0.5) is 8.78 Å². The number of amides is 2. The second kappa shape index (κ2) is 12.1. The average molecular weight is 491 g/mol. The Labute approximate surface area is 194 Å². The maximum absolute atomic E-state index is 13.0. The van der Waals surface area contributed by atoms with Crippen LogP contribution in [0.5, 0.6) is 5.75 Å². The van der Waals surface area contributed by atoms with Crippen molar-refractivity contribution >= 4 is 46.8 Å². The van der Waals surface area contributed by atoms with Gasteiger partial charge in [0.2, 0.25) is 5.91 Å². The van der Waals surface area contributed by atoms with Crippen molar-refractivity contribution in [2.45, 2.75) is 25.6 Å². The summed E-state index contributed by atoms with van der Waals surface area (Å²) in [6.07, 6.45) is 2.34. The number of benzene rings is 2. The smallest absolute Gasteiger partial charge is 0.387 e. The molecule has 0 aliphatic rings. The van der Waals surface area contributed by atoms with Crippen LogP contribution in [0, 0.1) is 0 Å². The van der Waals surface area contributed by atoms with Gasteiger partial charge in [-0.3, -0.25) is 9.59 Å². The molecule has 0 aromatic heterocycles. The van der Waals surface area contributed by atoms with E-state index >= 15 is 0 Å². The van der Waals surface area contributed by atoms with Gasteiger partial charge in [-0.1, -0.05) is 35.3 Å². The zero-order valence-corrected chi connectivity index (χ0v) is 19.2. The molecule has 2 aromatic rings. The summed E-state index contributed by atoms with van der Waals surface area (Å²) in [4.78, 5) is 27.1. The average Bonchev–Trinajstić information content (AvgIpc) is 2.71. The highest BCUT2D eigenvalue weighted by Crippen LogP contribution is 2.21. The fourth-order valence-corrected chi connectivity index (χ4v) is 3.76. The highest BCUT2D eigenvalue weighted by molar-refractivity contribution is 7.98. The SMILES string of the molecule is CSCCC(NC(=O)c1ccc(Cl)cc1Cl)C(=O)N(C)Cc1ccc(OC(F)F)cc1. The molecule has 1 N–H and O–H groups in total. The van der Waals surface area contributed by atoms with E-state index in [1.807, 2.05) is 6.26 Å². The second-order valence-electron chi connectivity index (χ2n) is 6.65. The van der Waals surface area contributed by atoms with Crippen molar-refractivity contribution < 1.29 is 23.1 Å². The fraction of sp³-hybridized carbons (Fsp3) is 0.333. The maximum atomic E-state index is 13.0. The number of carbonyl (C=O) groups is 2. The van der Waals surface area contributed by atoms with Crippen molar-refractivity contribution in [2.24, 2.45) is 0 Å². The molecule has 0 heterocycles. The number of hydrogen-bond donors (Lipinski definition) is 1. The molecule has 0 spiro atoms.